The first-order valence-corrected chi connectivity index (χ1v) is 9.61. The number of aliphatic hydroxyl groups excluding tert-OH is 1. The number of aliphatic imine (C=N–C) groups is 1. The number of aliphatic hydroxyl groups is 1. The fraction of sp³-hybridized carbons (Fsp3) is 0.409. The third kappa shape index (κ3) is 8.91. The van der Waals surface area contributed by atoms with Gasteiger partial charge in [-0.1, -0.05) is 36.4 Å². The van der Waals surface area contributed by atoms with E-state index < -0.39 is 6.10 Å². The van der Waals surface area contributed by atoms with Crippen molar-refractivity contribution in [1.82, 2.24) is 10.6 Å². The molecule has 0 aliphatic rings. The maximum Gasteiger partial charge on any atom is 0.191 e. The molecule has 0 heterocycles. The fourth-order valence-corrected chi connectivity index (χ4v) is 2.85. The van der Waals surface area contributed by atoms with Crippen molar-refractivity contribution in [2.45, 2.75) is 25.9 Å². The fourth-order valence-electron chi connectivity index (χ4n) is 2.85. The number of rotatable bonds is 10. The Bertz CT molecular complexity index is 741. The summed E-state index contributed by atoms with van der Waals surface area (Å²) in [4.78, 5) is 4.50. The second-order valence-electron chi connectivity index (χ2n) is 6.43. The van der Waals surface area contributed by atoms with Crippen molar-refractivity contribution < 1.29 is 14.6 Å². The summed E-state index contributed by atoms with van der Waals surface area (Å²) in [6.45, 7) is 3.85. The minimum absolute atomic E-state index is 0. The zero-order chi connectivity index (χ0) is 20.2. The van der Waals surface area contributed by atoms with Gasteiger partial charge >= 0.3 is 0 Å². The lowest BCUT2D eigenvalue weighted by Crippen LogP contribution is -2.39. The molecule has 6 nitrogen and oxygen atoms in total. The van der Waals surface area contributed by atoms with E-state index in [2.05, 4.69) is 15.6 Å². The van der Waals surface area contributed by atoms with Crippen LogP contribution in [0.5, 0.6) is 11.5 Å². The molecule has 3 N–H and O–H groups in total. The van der Waals surface area contributed by atoms with Crippen molar-refractivity contribution in [2.24, 2.45) is 4.99 Å². The van der Waals surface area contributed by atoms with Crippen LogP contribution in [-0.4, -0.2) is 51.0 Å². The molecule has 2 aromatic carbocycles. The largest absolute Gasteiger partial charge is 0.493 e. The van der Waals surface area contributed by atoms with Gasteiger partial charge in [-0.05, 0) is 36.6 Å². The summed E-state index contributed by atoms with van der Waals surface area (Å²) in [6, 6.07) is 15.9. The van der Waals surface area contributed by atoms with Crippen LogP contribution in [0.3, 0.4) is 0 Å². The van der Waals surface area contributed by atoms with Gasteiger partial charge in [0, 0.05) is 19.5 Å². The Kier molecular flexibility index (Phi) is 12.1. The van der Waals surface area contributed by atoms with Crippen molar-refractivity contribution in [3.63, 3.8) is 0 Å². The van der Waals surface area contributed by atoms with Crippen molar-refractivity contribution in [2.75, 3.05) is 33.9 Å². The van der Waals surface area contributed by atoms with Crippen molar-refractivity contribution in [1.29, 1.82) is 0 Å². The summed E-state index contributed by atoms with van der Waals surface area (Å²) in [5.74, 6) is 2.15. The maximum atomic E-state index is 10.2. The van der Waals surface area contributed by atoms with E-state index in [1.54, 1.807) is 14.2 Å². The molecule has 1 atom stereocenters. The van der Waals surface area contributed by atoms with E-state index in [1.165, 1.54) is 0 Å². The van der Waals surface area contributed by atoms with E-state index in [1.807, 2.05) is 55.5 Å². The maximum absolute atomic E-state index is 10.2. The zero-order valence-corrected chi connectivity index (χ0v) is 19.7. The number of halogens is 1. The summed E-state index contributed by atoms with van der Waals surface area (Å²) < 4.78 is 10.6. The molecule has 0 radical (unpaired) electrons. The molecule has 0 aromatic heterocycles. The Morgan fingerprint density at radius 3 is 2.38 bits per heavy atom. The first-order valence-electron chi connectivity index (χ1n) is 9.61. The molecule has 0 saturated heterocycles. The van der Waals surface area contributed by atoms with E-state index in [4.69, 9.17) is 9.47 Å². The SMILES string of the molecule is CCNC(=NCC(O)Cc1ccccc1)NCCc1ccc(OC)c(OC)c1.I. The average Bonchev–Trinajstić information content (AvgIpc) is 2.72. The van der Waals surface area contributed by atoms with Gasteiger partial charge in [0.2, 0.25) is 0 Å². The van der Waals surface area contributed by atoms with Crippen LogP contribution in [0.15, 0.2) is 53.5 Å². The minimum atomic E-state index is -0.510. The first-order chi connectivity index (χ1) is 13.7. The molecule has 160 valence electrons. The molecule has 0 amide bonds. The summed E-state index contributed by atoms with van der Waals surface area (Å²) in [6.07, 6.45) is 0.899. The second kappa shape index (κ2) is 14.1. The molecule has 0 saturated carbocycles. The van der Waals surface area contributed by atoms with E-state index in [0.29, 0.717) is 18.9 Å². The summed E-state index contributed by atoms with van der Waals surface area (Å²) in [7, 11) is 3.26. The van der Waals surface area contributed by atoms with Gasteiger partial charge in [0.1, 0.15) is 0 Å². The molecule has 0 bridgehead atoms. The molecular weight excluding hydrogens is 481 g/mol. The highest BCUT2D eigenvalue weighted by atomic mass is 127. The monoisotopic (exact) mass is 513 g/mol. The van der Waals surface area contributed by atoms with Crippen molar-refractivity contribution in [3.8, 4) is 11.5 Å². The van der Waals surface area contributed by atoms with Gasteiger partial charge in [0.05, 0.1) is 26.9 Å². The highest BCUT2D eigenvalue weighted by Crippen LogP contribution is 2.27. The van der Waals surface area contributed by atoms with Crippen LogP contribution in [-0.2, 0) is 12.8 Å². The molecule has 7 heteroatoms. The quantitative estimate of drug-likeness (QED) is 0.259. The van der Waals surface area contributed by atoms with Crippen LogP contribution in [0.25, 0.3) is 0 Å². The van der Waals surface area contributed by atoms with Crippen molar-refractivity contribution >= 4 is 29.9 Å². The van der Waals surface area contributed by atoms with E-state index in [0.717, 1.165) is 42.1 Å². The van der Waals surface area contributed by atoms with Gasteiger partial charge in [0.15, 0.2) is 17.5 Å². The third-order valence-electron chi connectivity index (χ3n) is 4.27. The molecule has 1 unspecified atom stereocenters. The van der Waals surface area contributed by atoms with Crippen LogP contribution in [0.4, 0.5) is 0 Å². The summed E-state index contributed by atoms with van der Waals surface area (Å²) in [5, 5.41) is 16.8. The number of nitrogens with zero attached hydrogens (tertiary/aromatic N) is 1. The molecular formula is C22H32IN3O3. The lowest BCUT2D eigenvalue weighted by molar-refractivity contribution is 0.183. The normalized spacial score (nSPS) is 11.9. The first kappa shape index (κ1) is 25.0. The molecule has 29 heavy (non-hydrogen) atoms. The number of ether oxygens (including phenoxy) is 2. The molecule has 2 aromatic rings. The van der Waals surface area contributed by atoms with Gasteiger partial charge in [-0.15, -0.1) is 24.0 Å². The van der Waals surface area contributed by atoms with E-state index in [-0.39, 0.29) is 24.0 Å². The van der Waals surface area contributed by atoms with E-state index in [9.17, 15) is 5.11 Å². The number of nitrogens with one attached hydrogen (secondary N) is 2. The van der Waals surface area contributed by atoms with Crippen LogP contribution in [0, 0.1) is 0 Å². The molecule has 0 aliphatic heterocycles. The highest BCUT2D eigenvalue weighted by molar-refractivity contribution is 14.0. The Balaban J connectivity index is 0.00000420. The third-order valence-corrected chi connectivity index (χ3v) is 4.27. The lowest BCUT2D eigenvalue weighted by atomic mass is 10.1. The highest BCUT2D eigenvalue weighted by Gasteiger charge is 2.07. The Hall–Kier alpha value is -2.00. The van der Waals surface area contributed by atoms with Crippen LogP contribution in [0.1, 0.15) is 18.1 Å². The predicted molar refractivity (Wildman–Crippen MR) is 129 cm³/mol. The number of guanidine groups is 1. The number of methoxy groups -OCH3 is 2. The smallest absolute Gasteiger partial charge is 0.191 e. The zero-order valence-electron chi connectivity index (χ0n) is 17.4. The molecule has 2 rings (SSSR count). The van der Waals surface area contributed by atoms with Gasteiger partial charge < -0.3 is 25.2 Å². The van der Waals surface area contributed by atoms with E-state index >= 15 is 0 Å². The van der Waals surface area contributed by atoms with Crippen LogP contribution >= 0.6 is 24.0 Å². The van der Waals surface area contributed by atoms with Crippen molar-refractivity contribution in [3.05, 3.63) is 59.7 Å². The summed E-state index contributed by atoms with van der Waals surface area (Å²) in [5.41, 5.74) is 2.25. The summed E-state index contributed by atoms with van der Waals surface area (Å²) >= 11 is 0. The van der Waals surface area contributed by atoms with Gasteiger partial charge in [0.25, 0.3) is 0 Å². The van der Waals surface area contributed by atoms with Gasteiger partial charge in [-0.2, -0.15) is 0 Å². The van der Waals surface area contributed by atoms with Crippen LogP contribution in [0.2, 0.25) is 0 Å². The second-order valence-corrected chi connectivity index (χ2v) is 6.43. The molecule has 0 aliphatic carbocycles. The van der Waals surface area contributed by atoms with Gasteiger partial charge in [-0.25, -0.2) is 0 Å². The van der Waals surface area contributed by atoms with Crippen LogP contribution < -0.4 is 20.1 Å². The molecule has 0 spiro atoms. The van der Waals surface area contributed by atoms with Gasteiger partial charge in [-0.3, -0.25) is 4.99 Å². The topological polar surface area (TPSA) is 75.1 Å². The number of hydrogen-bond acceptors (Lipinski definition) is 4. The minimum Gasteiger partial charge on any atom is -0.493 e. The number of hydrogen-bond donors (Lipinski definition) is 3. The Morgan fingerprint density at radius 1 is 1.00 bits per heavy atom. The lowest BCUT2D eigenvalue weighted by Gasteiger charge is -2.14. The average molecular weight is 513 g/mol. The standard InChI is InChI=1S/C22H31N3O3.HI/c1-4-23-22(25-16-19(26)14-17-8-6-5-7-9-17)24-13-12-18-10-11-20(27-2)21(15-18)28-3;/h5-11,15,19,26H,4,12-14,16H2,1-3H3,(H2,23,24,25);1H. The number of benzene rings is 2. The molecule has 0 fully saturated rings. The Morgan fingerprint density at radius 2 is 1.72 bits per heavy atom. The predicted octanol–water partition coefficient (Wildman–Crippen LogP) is 3.02. The Labute approximate surface area is 190 Å².